The normalized spacial score (nSPS) is 19.6. The van der Waals surface area contributed by atoms with Crippen LogP contribution in [0.25, 0.3) is 10.9 Å². The number of benzene rings is 2. The van der Waals surface area contributed by atoms with Crippen molar-refractivity contribution in [3.8, 4) is 5.75 Å². The van der Waals surface area contributed by atoms with Gasteiger partial charge in [0.05, 0.1) is 13.2 Å². The molecular formula is C19H17BrN2O3. The van der Waals surface area contributed by atoms with Crippen LogP contribution < -0.4 is 5.32 Å². The van der Waals surface area contributed by atoms with Crippen molar-refractivity contribution in [2.45, 2.75) is 18.5 Å². The fourth-order valence-corrected chi connectivity index (χ4v) is 3.88. The fourth-order valence-electron chi connectivity index (χ4n) is 3.52. The van der Waals surface area contributed by atoms with Crippen molar-refractivity contribution in [3.05, 3.63) is 63.8 Å². The first-order valence-electron chi connectivity index (χ1n) is 7.99. The van der Waals surface area contributed by atoms with Gasteiger partial charge in [0.15, 0.2) is 0 Å². The van der Waals surface area contributed by atoms with E-state index < -0.39 is 6.04 Å². The van der Waals surface area contributed by atoms with E-state index in [0.717, 1.165) is 32.2 Å². The van der Waals surface area contributed by atoms with E-state index in [4.69, 9.17) is 4.74 Å². The highest BCUT2D eigenvalue weighted by molar-refractivity contribution is 9.10. The molecule has 4 rings (SSSR count). The number of ether oxygens (including phenoxy) is 1. The summed E-state index contributed by atoms with van der Waals surface area (Å²) in [5, 5.41) is 14.3. The van der Waals surface area contributed by atoms with Gasteiger partial charge in [0.2, 0.25) is 0 Å². The first-order valence-corrected chi connectivity index (χ1v) is 8.79. The molecule has 2 aromatic carbocycles. The van der Waals surface area contributed by atoms with Gasteiger partial charge in [0.25, 0.3) is 0 Å². The number of hydrogen-bond acceptors (Lipinski definition) is 4. The summed E-state index contributed by atoms with van der Waals surface area (Å²) in [5.74, 6) is -0.0972. The Balaban J connectivity index is 1.90. The number of carbonyl (C=O) groups excluding carboxylic acids is 1. The summed E-state index contributed by atoms with van der Waals surface area (Å²) < 4.78 is 5.94. The van der Waals surface area contributed by atoms with Crippen LogP contribution in [0.1, 0.15) is 22.9 Å². The summed E-state index contributed by atoms with van der Waals surface area (Å²) in [5.41, 5.74) is 4.02. The van der Waals surface area contributed by atoms with Crippen molar-refractivity contribution in [2.75, 3.05) is 7.11 Å². The summed E-state index contributed by atoms with van der Waals surface area (Å²) in [6, 6.07) is 12.5. The molecule has 5 nitrogen and oxygen atoms in total. The number of aromatic hydroxyl groups is 1. The Morgan fingerprint density at radius 2 is 2.12 bits per heavy atom. The summed E-state index contributed by atoms with van der Waals surface area (Å²) in [4.78, 5) is 15.7. The molecule has 3 aromatic rings. The van der Waals surface area contributed by atoms with Gasteiger partial charge in [-0.15, -0.1) is 0 Å². The number of rotatable bonds is 2. The number of aromatic nitrogens is 1. The Kier molecular flexibility index (Phi) is 4.01. The third-order valence-electron chi connectivity index (χ3n) is 4.66. The number of H-pyrrole nitrogens is 1. The highest BCUT2D eigenvalue weighted by Gasteiger charge is 2.34. The number of hydrogen-bond donors (Lipinski definition) is 3. The van der Waals surface area contributed by atoms with E-state index in [1.807, 2.05) is 18.2 Å². The lowest BCUT2D eigenvalue weighted by Gasteiger charge is -2.30. The van der Waals surface area contributed by atoms with Gasteiger partial charge in [0, 0.05) is 27.5 Å². The summed E-state index contributed by atoms with van der Waals surface area (Å²) in [7, 11) is 1.40. The number of halogens is 1. The predicted molar refractivity (Wildman–Crippen MR) is 98.6 cm³/mol. The van der Waals surface area contributed by atoms with Gasteiger partial charge in [0.1, 0.15) is 11.8 Å². The molecule has 0 aliphatic carbocycles. The molecule has 0 spiro atoms. The lowest BCUT2D eigenvalue weighted by molar-refractivity contribution is -0.143. The van der Waals surface area contributed by atoms with Gasteiger partial charge in [-0.1, -0.05) is 28.1 Å². The van der Waals surface area contributed by atoms with Crippen LogP contribution in [-0.2, 0) is 16.0 Å². The number of aromatic amines is 1. The molecular weight excluding hydrogens is 384 g/mol. The molecule has 2 unspecified atom stereocenters. The van der Waals surface area contributed by atoms with Crippen molar-refractivity contribution >= 4 is 32.8 Å². The number of phenols is 1. The largest absolute Gasteiger partial charge is 0.508 e. The Morgan fingerprint density at radius 3 is 2.88 bits per heavy atom. The minimum absolute atomic E-state index is 0.194. The molecule has 1 aliphatic heterocycles. The van der Waals surface area contributed by atoms with Crippen molar-refractivity contribution in [3.63, 3.8) is 0 Å². The Labute approximate surface area is 153 Å². The second kappa shape index (κ2) is 6.20. The van der Waals surface area contributed by atoms with Crippen LogP contribution in [0.2, 0.25) is 0 Å². The van der Waals surface area contributed by atoms with Crippen molar-refractivity contribution in [1.29, 1.82) is 0 Å². The third-order valence-corrected chi connectivity index (χ3v) is 5.15. The molecule has 1 aromatic heterocycles. The second-order valence-electron chi connectivity index (χ2n) is 6.18. The average Bonchev–Trinajstić information content (AvgIpc) is 2.98. The molecule has 0 radical (unpaired) electrons. The van der Waals surface area contributed by atoms with Crippen molar-refractivity contribution in [1.82, 2.24) is 10.3 Å². The smallest absolute Gasteiger partial charge is 0.323 e. The fraction of sp³-hybridized carbons (Fsp3) is 0.211. The van der Waals surface area contributed by atoms with E-state index in [-0.39, 0.29) is 17.8 Å². The van der Waals surface area contributed by atoms with Gasteiger partial charge in [-0.05, 0) is 41.5 Å². The summed E-state index contributed by atoms with van der Waals surface area (Å²) in [6.07, 6.45) is 0.549. The monoisotopic (exact) mass is 400 g/mol. The number of phenolic OH excluding ortho intramolecular Hbond substituents is 1. The molecule has 3 N–H and O–H groups in total. The number of esters is 1. The number of carbonyl (C=O) groups is 1. The first-order chi connectivity index (χ1) is 12.1. The summed E-state index contributed by atoms with van der Waals surface area (Å²) in [6.45, 7) is 0. The van der Waals surface area contributed by atoms with Crippen LogP contribution in [0.15, 0.2) is 46.9 Å². The van der Waals surface area contributed by atoms with E-state index in [9.17, 15) is 9.90 Å². The minimum atomic E-state index is -0.442. The maximum atomic E-state index is 12.2. The zero-order valence-corrected chi connectivity index (χ0v) is 15.1. The zero-order valence-electron chi connectivity index (χ0n) is 13.5. The van der Waals surface area contributed by atoms with Crippen molar-refractivity contribution in [2.24, 2.45) is 0 Å². The molecule has 2 atom stereocenters. The molecule has 2 heterocycles. The van der Waals surface area contributed by atoms with Crippen LogP contribution in [0, 0.1) is 0 Å². The van der Waals surface area contributed by atoms with Gasteiger partial charge in [-0.25, -0.2) is 0 Å². The van der Waals surface area contributed by atoms with Gasteiger partial charge in [-0.2, -0.15) is 0 Å². The van der Waals surface area contributed by atoms with E-state index in [1.165, 1.54) is 7.11 Å². The van der Waals surface area contributed by atoms with Crippen LogP contribution in [-0.4, -0.2) is 29.2 Å². The van der Waals surface area contributed by atoms with Crippen LogP contribution in [0.3, 0.4) is 0 Å². The van der Waals surface area contributed by atoms with Crippen LogP contribution >= 0.6 is 15.9 Å². The Bertz CT molecular complexity index is 966. The van der Waals surface area contributed by atoms with Gasteiger partial charge >= 0.3 is 5.97 Å². The van der Waals surface area contributed by atoms with E-state index in [0.29, 0.717) is 6.42 Å². The Hall–Kier alpha value is -2.31. The highest BCUT2D eigenvalue weighted by Crippen LogP contribution is 2.37. The molecule has 6 heteroatoms. The quantitative estimate of drug-likeness (QED) is 0.576. The second-order valence-corrected chi connectivity index (χ2v) is 7.10. The minimum Gasteiger partial charge on any atom is -0.508 e. The lowest BCUT2D eigenvalue weighted by atomic mass is 9.90. The molecule has 0 bridgehead atoms. The molecule has 1 aliphatic rings. The molecule has 0 fully saturated rings. The van der Waals surface area contributed by atoms with E-state index >= 15 is 0 Å². The number of fused-ring (bicyclic) bond motifs is 3. The third kappa shape index (κ3) is 2.81. The molecule has 0 saturated heterocycles. The maximum Gasteiger partial charge on any atom is 0.323 e. The molecule has 25 heavy (non-hydrogen) atoms. The van der Waals surface area contributed by atoms with Crippen LogP contribution in [0.5, 0.6) is 5.75 Å². The molecule has 128 valence electrons. The standard InChI is InChI=1S/C19H17BrN2O3/c1-25-19(24)16-9-14-13-8-11(20)5-6-15(13)21-18(14)17(22-16)10-3-2-4-12(23)7-10/h2-8,16-17,21-23H,9H2,1H3. The van der Waals surface area contributed by atoms with Gasteiger partial charge in [-0.3, -0.25) is 10.1 Å². The van der Waals surface area contributed by atoms with Gasteiger partial charge < -0.3 is 14.8 Å². The maximum absolute atomic E-state index is 12.2. The first kappa shape index (κ1) is 16.2. The van der Waals surface area contributed by atoms with Crippen LogP contribution in [0.4, 0.5) is 0 Å². The molecule has 0 amide bonds. The molecule has 0 saturated carbocycles. The number of nitrogens with one attached hydrogen (secondary N) is 2. The zero-order chi connectivity index (χ0) is 17.6. The average molecular weight is 401 g/mol. The lowest BCUT2D eigenvalue weighted by Crippen LogP contribution is -2.45. The van der Waals surface area contributed by atoms with E-state index in [2.05, 4.69) is 32.3 Å². The topological polar surface area (TPSA) is 74.4 Å². The van der Waals surface area contributed by atoms with E-state index in [1.54, 1.807) is 18.2 Å². The predicted octanol–water partition coefficient (Wildman–Crippen LogP) is 3.41. The van der Waals surface area contributed by atoms with Crippen molar-refractivity contribution < 1.29 is 14.6 Å². The Morgan fingerprint density at radius 1 is 1.28 bits per heavy atom. The summed E-state index contributed by atoms with van der Waals surface area (Å²) >= 11 is 3.52. The highest BCUT2D eigenvalue weighted by atomic mass is 79.9. The number of methoxy groups -OCH3 is 1. The SMILES string of the molecule is COC(=O)C1Cc2c([nH]c3ccc(Br)cc23)C(c2cccc(O)c2)N1.